The van der Waals surface area contributed by atoms with Gasteiger partial charge in [-0.1, -0.05) is 0 Å². The Kier molecular flexibility index (Phi) is 2.75. The van der Waals surface area contributed by atoms with Crippen molar-refractivity contribution in [2.45, 2.75) is 0 Å². The van der Waals surface area contributed by atoms with E-state index in [0.717, 1.165) is 5.69 Å². The van der Waals surface area contributed by atoms with Crippen molar-refractivity contribution in [1.82, 2.24) is 19.7 Å². The van der Waals surface area contributed by atoms with E-state index in [1.165, 1.54) is 18.5 Å². The molecule has 8 heteroatoms. The number of rotatable bonds is 3. The quantitative estimate of drug-likeness (QED) is 0.577. The van der Waals surface area contributed by atoms with Crippen LogP contribution < -0.4 is 5.32 Å². The lowest BCUT2D eigenvalue weighted by Crippen LogP contribution is -1.96. The molecule has 0 saturated carbocycles. The molecule has 0 bridgehead atoms. The fourth-order valence-electron chi connectivity index (χ4n) is 1.88. The van der Waals surface area contributed by atoms with Crippen LogP contribution in [0.15, 0.2) is 36.9 Å². The Balaban J connectivity index is 2.09. The Bertz CT molecular complexity index is 797. The van der Waals surface area contributed by atoms with Crippen LogP contribution in [0.4, 0.5) is 17.2 Å². The van der Waals surface area contributed by atoms with Crippen LogP contribution in [0, 0.1) is 10.1 Å². The lowest BCUT2D eigenvalue weighted by atomic mass is 10.2. The largest absolute Gasteiger partial charge is 0.337 e. The zero-order valence-corrected chi connectivity index (χ0v) is 10.5. The molecule has 0 fully saturated rings. The zero-order valence-electron chi connectivity index (χ0n) is 10.5. The van der Waals surface area contributed by atoms with E-state index in [2.05, 4.69) is 20.4 Å². The van der Waals surface area contributed by atoms with Gasteiger partial charge in [-0.25, -0.2) is 9.97 Å². The molecule has 2 aromatic heterocycles. The number of hydrogen-bond acceptors (Lipinski definition) is 6. The van der Waals surface area contributed by atoms with Crippen molar-refractivity contribution in [1.29, 1.82) is 0 Å². The summed E-state index contributed by atoms with van der Waals surface area (Å²) in [6.45, 7) is 0. The van der Waals surface area contributed by atoms with Gasteiger partial charge in [-0.3, -0.25) is 14.8 Å². The summed E-state index contributed by atoms with van der Waals surface area (Å²) in [4.78, 5) is 18.6. The van der Waals surface area contributed by atoms with Gasteiger partial charge in [0.2, 0.25) is 0 Å². The third-order valence-corrected chi connectivity index (χ3v) is 2.80. The number of benzene rings is 1. The molecule has 1 aromatic carbocycles. The Morgan fingerprint density at radius 3 is 2.90 bits per heavy atom. The van der Waals surface area contributed by atoms with Crippen molar-refractivity contribution in [3.05, 3.63) is 47.0 Å². The van der Waals surface area contributed by atoms with Gasteiger partial charge in [0.25, 0.3) is 5.69 Å². The molecule has 100 valence electrons. The monoisotopic (exact) mass is 270 g/mol. The first-order valence-electron chi connectivity index (χ1n) is 5.78. The fourth-order valence-corrected chi connectivity index (χ4v) is 1.88. The molecule has 0 aliphatic rings. The fraction of sp³-hybridized carbons (Fsp3) is 0.0833. The number of non-ortho nitro benzene ring substituents is 1. The summed E-state index contributed by atoms with van der Waals surface area (Å²) in [6.07, 6.45) is 4.84. The molecule has 1 N–H and O–H groups in total. The third-order valence-electron chi connectivity index (χ3n) is 2.80. The van der Waals surface area contributed by atoms with Gasteiger partial charge in [0.1, 0.15) is 12.1 Å². The Hall–Kier alpha value is -3.03. The molecule has 0 spiro atoms. The van der Waals surface area contributed by atoms with Gasteiger partial charge in [-0.15, -0.1) is 0 Å². The molecular formula is C12H10N6O2. The van der Waals surface area contributed by atoms with E-state index in [1.807, 2.05) is 0 Å². The first-order chi connectivity index (χ1) is 9.63. The molecule has 0 atom stereocenters. The second-order valence-electron chi connectivity index (χ2n) is 4.21. The standard InChI is InChI=1S/C12H10N6O2/c1-17-6-8(5-15-17)16-12-10-4-9(18(19)20)2-3-11(10)13-7-14-12/h2-7H,1H3,(H,13,14,16). The summed E-state index contributed by atoms with van der Waals surface area (Å²) in [5.41, 5.74) is 1.39. The number of aromatic nitrogens is 4. The van der Waals surface area contributed by atoms with Crippen molar-refractivity contribution in [3.63, 3.8) is 0 Å². The second-order valence-corrected chi connectivity index (χ2v) is 4.21. The number of nitro benzene ring substituents is 1. The molecule has 8 nitrogen and oxygen atoms in total. The van der Waals surface area contributed by atoms with E-state index in [1.54, 1.807) is 30.2 Å². The average molecular weight is 270 g/mol. The van der Waals surface area contributed by atoms with Crippen LogP contribution in [0.1, 0.15) is 0 Å². The van der Waals surface area contributed by atoms with Crippen LogP contribution in [-0.2, 0) is 7.05 Å². The van der Waals surface area contributed by atoms with Gasteiger partial charge in [-0.2, -0.15) is 5.10 Å². The minimum absolute atomic E-state index is 0.00142. The van der Waals surface area contributed by atoms with E-state index in [-0.39, 0.29) is 5.69 Å². The molecule has 0 unspecified atom stereocenters. The normalized spacial score (nSPS) is 10.7. The summed E-state index contributed by atoms with van der Waals surface area (Å²) in [5, 5.41) is 18.6. The first-order valence-corrected chi connectivity index (χ1v) is 5.78. The van der Waals surface area contributed by atoms with E-state index in [4.69, 9.17) is 0 Å². The maximum Gasteiger partial charge on any atom is 0.270 e. The SMILES string of the molecule is Cn1cc(Nc2ncnc3ccc([N+](=O)[O-])cc23)cn1. The van der Waals surface area contributed by atoms with Crippen LogP contribution in [-0.4, -0.2) is 24.7 Å². The minimum Gasteiger partial charge on any atom is -0.337 e. The summed E-state index contributed by atoms with van der Waals surface area (Å²) >= 11 is 0. The summed E-state index contributed by atoms with van der Waals surface area (Å²) < 4.78 is 1.65. The van der Waals surface area contributed by atoms with Crippen molar-refractivity contribution in [3.8, 4) is 0 Å². The number of nitrogens with one attached hydrogen (secondary N) is 1. The predicted octanol–water partition coefficient (Wildman–Crippen LogP) is 2.02. The Morgan fingerprint density at radius 2 is 2.20 bits per heavy atom. The van der Waals surface area contributed by atoms with Crippen molar-refractivity contribution in [2.24, 2.45) is 7.05 Å². The molecule has 0 radical (unpaired) electrons. The molecule has 0 aliphatic carbocycles. The highest BCUT2D eigenvalue weighted by Crippen LogP contribution is 2.26. The molecular weight excluding hydrogens is 260 g/mol. The maximum atomic E-state index is 10.8. The lowest BCUT2D eigenvalue weighted by Gasteiger charge is -2.05. The van der Waals surface area contributed by atoms with E-state index >= 15 is 0 Å². The number of fused-ring (bicyclic) bond motifs is 1. The van der Waals surface area contributed by atoms with Gasteiger partial charge >= 0.3 is 0 Å². The van der Waals surface area contributed by atoms with Crippen molar-refractivity contribution >= 4 is 28.1 Å². The molecule has 0 aliphatic heterocycles. The van der Waals surface area contributed by atoms with E-state index in [0.29, 0.717) is 16.7 Å². The topological polar surface area (TPSA) is 98.8 Å². The van der Waals surface area contributed by atoms with Gasteiger partial charge in [0.15, 0.2) is 0 Å². The smallest absolute Gasteiger partial charge is 0.270 e. The molecule has 3 rings (SSSR count). The van der Waals surface area contributed by atoms with Crippen molar-refractivity contribution in [2.75, 3.05) is 5.32 Å². The lowest BCUT2D eigenvalue weighted by molar-refractivity contribution is -0.384. The number of nitro groups is 1. The number of anilines is 2. The molecule has 0 amide bonds. The molecule has 0 saturated heterocycles. The highest BCUT2D eigenvalue weighted by Gasteiger charge is 2.11. The van der Waals surface area contributed by atoms with Crippen LogP contribution in [0.5, 0.6) is 0 Å². The number of aryl methyl sites for hydroxylation is 1. The third kappa shape index (κ3) is 2.14. The van der Waals surface area contributed by atoms with Crippen LogP contribution in [0.2, 0.25) is 0 Å². The first kappa shape index (κ1) is 12.0. The number of hydrogen-bond donors (Lipinski definition) is 1. The molecule has 3 aromatic rings. The van der Waals surface area contributed by atoms with Gasteiger partial charge in [0, 0.05) is 30.8 Å². The highest BCUT2D eigenvalue weighted by molar-refractivity contribution is 5.92. The van der Waals surface area contributed by atoms with Gasteiger partial charge < -0.3 is 5.32 Å². The summed E-state index contributed by atoms with van der Waals surface area (Å²) in [7, 11) is 1.80. The van der Waals surface area contributed by atoms with Crippen LogP contribution in [0.3, 0.4) is 0 Å². The summed E-state index contributed by atoms with van der Waals surface area (Å²) in [6, 6.07) is 4.47. The highest BCUT2D eigenvalue weighted by atomic mass is 16.6. The zero-order chi connectivity index (χ0) is 14.1. The van der Waals surface area contributed by atoms with Crippen LogP contribution >= 0.6 is 0 Å². The van der Waals surface area contributed by atoms with Crippen molar-refractivity contribution < 1.29 is 4.92 Å². The van der Waals surface area contributed by atoms with Gasteiger partial charge in [0.05, 0.1) is 22.3 Å². The van der Waals surface area contributed by atoms with E-state index in [9.17, 15) is 10.1 Å². The Labute approximate surface area is 113 Å². The Morgan fingerprint density at radius 1 is 1.35 bits per heavy atom. The molecule has 20 heavy (non-hydrogen) atoms. The second kappa shape index (κ2) is 4.57. The van der Waals surface area contributed by atoms with Gasteiger partial charge in [-0.05, 0) is 6.07 Å². The number of nitrogens with zero attached hydrogens (tertiary/aromatic N) is 5. The maximum absolute atomic E-state index is 10.8. The molecule has 2 heterocycles. The minimum atomic E-state index is -0.444. The summed E-state index contributed by atoms with van der Waals surface area (Å²) in [5.74, 6) is 0.506. The average Bonchev–Trinajstić information content (AvgIpc) is 2.84. The van der Waals surface area contributed by atoms with Crippen LogP contribution in [0.25, 0.3) is 10.9 Å². The predicted molar refractivity (Wildman–Crippen MR) is 72.7 cm³/mol. The van der Waals surface area contributed by atoms with E-state index < -0.39 is 4.92 Å².